The molecule has 1 aromatic heterocycles. The van der Waals surface area contributed by atoms with E-state index in [0.717, 1.165) is 11.1 Å². The predicted octanol–water partition coefficient (Wildman–Crippen LogP) is 4.19. The molecule has 4 heteroatoms. The molecule has 0 aliphatic heterocycles. The van der Waals surface area contributed by atoms with Crippen LogP contribution in [0.4, 0.5) is 4.39 Å². The predicted molar refractivity (Wildman–Crippen MR) is 77.4 cm³/mol. The van der Waals surface area contributed by atoms with Crippen LogP contribution in [0.1, 0.15) is 11.1 Å². The Morgan fingerprint density at radius 3 is 2.79 bits per heavy atom. The number of benzene rings is 2. The van der Waals surface area contributed by atoms with Gasteiger partial charge >= 0.3 is 0 Å². The van der Waals surface area contributed by atoms with Crippen molar-refractivity contribution in [2.24, 2.45) is 0 Å². The second kappa shape index (κ2) is 4.63. The lowest BCUT2D eigenvalue weighted by Crippen LogP contribution is -1.99. The first-order chi connectivity index (χ1) is 9.15. The van der Waals surface area contributed by atoms with Crippen molar-refractivity contribution in [3.8, 4) is 0 Å². The van der Waals surface area contributed by atoms with Gasteiger partial charge in [0.25, 0.3) is 0 Å². The number of aryl methyl sites for hydroxylation is 1. The van der Waals surface area contributed by atoms with Crippen LogP contribution in [-0.4, -0.2) is 9.55 Å². The minimum Gasteiger partial charge on any atom is -0.328 e. The van der Waals surface area contributed by atoms with Gasteiger partial charge in [-0.1, -0.05) is 35.9 Å². The molecule has 0 saturated heterocycles. The summed E-state index contributed by atoms with van der Waals surface area (Å²) in [6.45, 7) is 2.70. The number of aromatic nitrogens is 2. The molecule has 0 aliphatic rings. The third-order valence-corrected chi connectivity index (χ3v) is 3.51. The highest BCUT2D eigenvalue weighted by atomic mass is 32.1. The first kappa shape index (κ1) is 12.1. The molecule has 2 aromatic carbocycles. The SMILES string of the molecule is Cc1cccc(Cn2c(=S)[nH]c3c(F)cccc32)c1. The summed E-state index contributed by atoms with van der Waals surface area (Å²) in [6, 6.07) is 13.2. The highest BCUT2D eigenvalue weighted by Gasteiger charge is 2.08. The van der Waals surface area contributed by atoms with Crippen LogP contribution in [0.25, 0.3) is 11.0 Å². The summed E-state index contributed by atoms with van der Waals surface area (Å²) in [5.41, 5.74) is 3.63. The Hall–Kier alpha value is -1.94. The topological polar surface area (TPSA) is 20.7 Å². The van der Waals surface area contributed by atoms with Gasteiger partial charge in [-0.15, -0.1) is 0 Å². The number of fused-ring (bicyclic) bond motifs is 1. The maximum Gasteiger partial charge on any atom is 0.178 e. The summed E-state index contributed by atoms with van der Waals surface area (Å²) in [5, 5.41) is 0. The van der Waals surface area contributed by atoms with E-state index in [2.05, 4.69) is 24.0 Å². The van der Waals surface area contributed by atoms with Crippen molar-refractivity contribution >= 4 is 23.3 Å². The number of imidazole rings is 1. The molecular formula is C15H13FN2S. The highest BCUT2D eigenvalue weighted by molar-refractivity contribution is 7.71. The van der Waals surface area contributed by atoms with Crippen molar-refractivity contribution in [3.63, 3.8) is 0 Å². The van der Waals surface area contributed by atoms with Gasteiger partial charge < -0.3 is 9.55 Å². The second-order valence-corrected chi connectivity index (χ2v) is 5.03. The molecule has 0 radical (unpaired) electrons. The van der Waals surface area contributed by atoms with Crippen LogP contribution in [0, 0.1) is 17.5 Å². The number of nitrogens with zero attached hydrogens (tertiary/aromatic N) is 1. The molecule has 0 amide bonds. The molecular weight excluding hydrogens is 259 g/mol. The molecule has 1 heterocycles. The first-order valence-corrected chi connectivity index (χ1v) is 6.48. The van der Waals surface area contributed by atoms with Gasteiger partial charge in [-0.05, 0) is 36.8 Å². The van der Waals surface area contributed by atoms with Crippen LogP contribution >= 0.6 is 12.2 Å². The van der Waals surface area contributed by atoms with Crippen LogP contribution in [0.3, 0.4) is 0 Å². The monoisotopic (exact) mass is 272 g/mol. The highest BCUT2D eigenvalue weighted by Crippen LogP contribution is 2.19. The van der Waals surface area contributed by atoms with Crippen LogP contribution in [0.15, 0.2) is 42.5 Å². The van der Waals surface area contributed by atoms with Crippen molar-refractivity contribution in [2.45, 2.75) is 13.5 Å². The van der Waals surface area contributed by atoms with Crippen molar-refractivity contribution < 1.29 is 4.39 Å². The number of para-hydroxylation sites is 1. The Kier molecular flexibility index (Phi) is 2.95. The molecule has 3 aromatic rings. The van der Waals surface area contributed by atoms with Gasteiger partial charge in [-0.3, -0.25) is 0 Å². The fourth-order valence-electron chi connectivity index (χ4n) is 2.30. The molecule has 0 saturated carbocycles. The van der Waals surface area contributed by atoms with Gasteiger partial charge in [0.05, 0.1) is 12.1 Å². The number of hydrogen-bond donors (Lipinski definition) is 1. The summed E-state index contributed by atoms with van der Waals surface area (Å²) in [7, 11) is 0. The normalized spacial score (nSPS) is 11.1. The lowest BCUT2D eigenvalue weighted by Gasteiger charge is -2.05. The number of halogens is 1. The van der Waals surface area contributed by atoms with Crippen molar-refractivity contribution in [2.75, 3.05) is 0 Å². The molecule has 96 valence electrons. The van der Waals surface area contributed by atoms with E-state index in [1.54, 1.807) is 6.07 Å². The van der Waals surface area contributed by atoms with Gasteiger partial charge in [-0.25, -0.2) is 4.39 Å². The Balaban J connectivity index is 2.13. The summed E-state index contributed by atoms with van der Waals surface area (Å²) in [6.07, 6.45) is 0. The molecule has 0 aliphatic carbocycles. The lowest BCUT2D eigenvalue weighted by molar-refractivity contribution is 0.637. The van der Waals surface area contributed by atoms with Crippen molar-refractivity contribution in [3.05, 3.63) is 64.2 Å². The molecule has 2 nitrogen and oxygen atoms in total. The smallest absolute Gasteiger partial charge is 0.178 e. The summed E-state index contributed by atoms with van der Waals surface area (Å²) < 4.78 is 16.2. The number of aromatic amines is 1. The lowest BCUT2D eigenvalue weighted by atomic mass is 10.1. The van der Waals surface area contributed by atoms with Crippen LogP contribution in [0.5, 0.6) is 0 Å². The number of nitrogens with one attached hydrogen (secondary N) is 1. The minimum absolute atomic E-state index is 0.272. The molecule has 19 heavy (non-hydrogen) atoms. The van der Waals surface area contributed by atoms with E-state index < -0.39 is 0 Å². The minimum atomic E-state index is -0.272. The largest absolute Gasteiger partial charge is 0.328 e. The van der Waals surface area contributed by atoms with Crippen LogP contribution < -0.4 is 0 Å². The van der Waals surface area contributed by atoms with E-state index in [-0.39, 0.29) is 5.82 Å². The van der Waals surface area contributed by atoms with Gasteiger partial charge in [0.1, 0.15) is 11.3 Å². The number of hydrogen-bond acceptors (Lipinski definition) is 1. The zero-order valence-electron chi connectivity index (χ0n) is 10.5. The van der Waals surface area contributed by atoms with E-state index in [1.807, 2.05) is 22.8 Å². The van der Waals surface area contributed by atoms with Crippen molar-refractivity contribution in [1.29, 1.82) is 0 Å². The average Bonchev–Trinajstić information content (AvgIpc) is 2.69. The van der Waals surface area contributed by atoms with E-state index in [0.29, 0.717) is 16.8 Å². The third-order valence-electron chi connectivity index (χ3n) is 3.18. The van der Waals surface area contributed by atoms with Crippen molar-refractivity contribution in [1.82, 2.24) is 9.55 Å². The maximum atomic E-state index is 13.7. The van der Waals surface area contributed by atoms with E-state index in [1.165, 1.54) is 11.6 Å². The molecule has 3 rings (SSSR count). The summed E-state index contributed by atoms with van der Waals surface area (Å²) >= 11 is 5.29. The second-order valence-electron chi connectivity index (χ2n) is 4.64. The van der Waals surface area contributed by atoms with E-state index in [4.69, 9.17) is 12.2 Å². The zero-order chi connectivity index (χ0) is 13.4. The molecule has 0 atom stereocenters. The van der Waals surface area contributed by atoms with E-state index in [9.17, 15) is 4.39 Å². The van der Waals surface area contributed by atoms with Gasteiger partial charge in [0.15, 0.2) is 4.77 Å². The van der Waals surface area contributed by atoms with Gasteiger partial charge in [0, 0.05) is 0 Å². The first-order valence-electron chi connectivity index (χ1n) is 6.08. The molecule has 0 bridgehead atoms. The molecule has 0 spiro atoms. The third kappa shape index (κ3) is 2.19. The maximum absolute atomic E-state index is 13.7. The number of H-pyrrole nitrogens is 1. The summed E-state index contributed by atoms with van der Waals surface area (Å²) in [4.78, 5) is 2.93. The van der Waals surface area contributed by atoms with Crippen LogP contribution in [0.2, 0.25) is 0 Å². The molecule has 0 fully saturated rings. The fraction of sp³-hybridized carbons (Fsp3) is 0.133. The molecule has 0 unspecified atom stereocenters. The Morgan fingerprint density at radius 2 is 2.00 bits per heavy atom. The fourth-order valence-corrected chi connectivity index (χ4v) is 2.56. The summed E-state index contributed by atoms with van der Waals surface area (Å²) in [5.74, 6) is -0.272. The van der Waals surface area contributed by atoms with E-state index >= 15 is 0 Å². The molecule has 1 N–H and O–H groups in total. The Labute approximate surface area is 115 Å². The van der Waals surface area contributed by atoms with Gasteiger partial charge in [-0.2, -0.15) is 0 Å². The Morgan fingerprint density at radius 1 is 1.21 bits per heavy atom. The van der Waals surface area contributed by atoms with Gasteiger partial charge in [0.2, 0.25) is 0 Å². The average molecular weight is 272 g/mol. The zero-order valence-corrected chi connectivity index (χ0v) is 11.3. The quantitative estimate of drug-likeness (QED) is 0.694. The van der Waals surface area contributed by atoms with Crippen LogP contribution in [-0.2, 0) is 6.54 Å². The number of rotatable bonds is 2. The Bertz CT molecular complexity index is 801. The standard InChI is InChI=1S/C15H13FN2S/c1-10-4-2-5-11(8-10)9-18-13-7-3-6-12(16)14(13)17-15(18)19/h2-8H,9H2,1H3,(H,17,19).